The molecule has 0 bridgehead atoms. The molecule has 0 N–H and O–H groups in total. The third-order valence-electron chi connectivity index (χ3n) is 3.09. The third-order valence-corrected chi connectivity index (χ3v) is 3.26. The summed E-state index contributed by atoms with van der Waals surface area (Å²) in [6.45, 7) is 1.99. The second-order valence-corrected chi connectivity index (χ2v) is 4.99. The van der Waals surface area contributed by atoms with Gasteiger partial charge >= 0.3 is 0 Å². The number of benzene rings is 2. The molecular weight excluding hydrogens is 286 g/mol. The molecule has 0 aliphatic heterocycles. The molecule has 1 heterocycles. The predicted molar refractivity (Wildman–Crippen MR) is 81.7 cm³/mol. The van der Waals surface area contributed by atoms with Crippen molar-refractivity contribution in [1.82, 2.24) is 14.8 Å². The highest BCUT2D eigenvalue weighted by Crippen LogP contribution is 2.19. The molecule has 0 fully saturated rings. The summed E-state index contributed by atoms with van der Waals surface area (Å²) >= 11 is 5.63. The normalized spacial score (nSPS) is 10.6. The summed E-state index contributed by atoms with van der Waals surface area (Å²) in [5.41, 5.74) is 2.71. The van der Waals surface area contributed by atoms with Crippen molar-refractivity contribution in [2.24, 2.45) is 0 Å². The van der Waals surface area contributed by atoms with Gasteiger partial charge in [0.05, 0.1) is 5.69 Å². The monoisotopic (exact) mass is 297 g/mol. The minimum Gasteiger partial charge on any atom is -0.272 e. The molecular formula is C16H12ClN3O. The van der Waals surface area contributed by atoms with Crippen LogP contribution in [0.5, 0.6) is 0 Å². The second-order valence-electron chi connectivity index (χ2n) is 4.65. The fraction of sp³-hybridized carbons (Fsp3) is 0.0625. The van der Waals surface area contributed by atoms with Gasteiger partial charge in [0.25, 0.3) is 5.24 Å². The van der Waals surface area contributed by atoms with Crippen LogP contribution in [0.3, 0.4) is 0 Å². The van der Waals surface area contributed by atoms with E-state index in [1.54, 1.807) is 0 Å². The highest BCUT2D eigenvalue weighted by Gasteiger charge is 2.17. The minimum atomic E-state index is -0.634. The first-order valence-corrected chi connectivity index (χ1v) is 6.82. The summed E-state index contributed by atoms with van der Waals surface area (Å²) in [4.78, 5) is 15.8. The van der Waals surface area contributed by atoms with Crippen LogP contribution >= 0.6 is 11.6 Å². The molecule has 0 unspecified atom stereocenters. The Morgan fingerprint density at radius 2 is 1.71 bits per heavy atom. The molecule has 4 nitrogen and oxygen atoms in total. The lowest BCUT2D eigenvalue weighted by Crippen LogP contribution is -2.05. The van der Waals surface area contributed by atoms with Crippen molar-refractivity contribution in [3.05, 3.63) is 66.0 Å². The van der Waals surface area contributed by atoms with E-state index in [0.29, 0.717) is 5.82 Å². The smallest absolute Gasteiger partial charge is 0.272 e. The summed E-state index contributed by atoms with van der Waals surface area (Å²) in [5, 5.41) is 3.77. The summed E-state index contributed by atoms with van der Waals surface area (Å²) in [5.74, 6) is 0.583. The molecule has 0 amide bonds. The van der Waals surface area contributed by atoms with Crippen LogP contribution in [0.2, 0.25) is 0 Å². The van der Waals surface area contributed by atoms with Crippen LogP contribution in [-0.4, -0.2) is 20.0 Å². The van der Waals surface area contributed by atoms with Crippen molar-refractivity contribution in [3.63, 3.8) is 0 Å². The summed E-state index contributed by atoms with van der Waals surface area (Å²) in [6.07, 6.45) is 0. The number of carbonyl (C=O) groups is 1. The van der Waals surface area contributed by atoms with Crippen LogP contribution in [-0.2, 0) is 0 Å². The molecule has 0 saturated carbocycles. The molecule has 5 heteroatoms. The average molecular weight is 298 g/mol. The summed E-state index contributed by atoms with van der Waals surface area (Å²) in [6, 6.07) is 17.1. The highest BCUT2D eigenvalue weighted by atomic mass is 35.5. The maximum atomic E-state index is 11.6. The average Bonchev–Trinajstić information content (AvgIpc) is 2.94. The number of aryl methyl sites for hydroxylation is 1. The lowest BCUT2D eigenvalue weighted by molar-refractivity contribution is 0.107. The van der Waals surface area contributed by atoms with Crippen molar-refractivity contribution in [3.8, 4) is 17.1 Å². The molecule has 0 spiro atoms. The van der Waals surface area contributed by atoms with Crippen molar-refractivity contribution in [2.75, 3.05) is 0 Å². The maximum absolute atomic E-state index is 11.6. The topological polar surface area (TPSA) is 47.8 Å². The van der Waals surface area contributed by atoms with Gasteiger partial charge in [0.15, 0.2) is 5.82 Å². The Labute approximate surface area is 127 Å². The third kappa shape index (κ3) is 2.71. The van der Waals surface area contributed by atoms with E-state index >= 15 is 0 Å². The molecule has 3 aromatic rings. The maximum Gasteiger partial charge on any atom is 0.289 e. The number of rotatable bonds is 3. The number of aromatic nitrogens is 3. The number of hydrogen-bond acceptors (Lipinski definition) is 3. The van der Waals surface area contributed by atoms with Gasteiger partial charge in [-0.3, -0.25) is 4.79 Å². The summed E-state index contributed by atoms with van der Waals surface area (Å²) < 4.78 is 1.47. The van der Waals surface area contributed by atoms with Gasteiger partial charge in [-0.1, -0.05) is 48.0 Å². The van der Waals surface area contributed by atoms with Crippen LogP contribution in [0.1, 0.15) is 16.2 Å². The van der Waals surface area contributed by atoms with Crippen molar-refractivity contribution >= 4 is 16.8 Å². The van der Waals surface area contributed by atoms with Crippen molar-refractivity contribution in [2.45, 2.75) is 6.92 Å². The van der Waals surface area contributed by atoms with Gasteiger partial charge in [-0.05, 0) is 30.7 Å². The quantitative estimate of drug-likeness (QED) is 0.694. The second kappa shape index (κ2) is 5.50. The van der Waals surface area contributed by atoms with E-state index in [2.05, 4.69) is 10.1 Å². The zero-order chi connectivity index (χ0) is 14.8. The number of halogens is 1. The molecule has 3 rings (SSSR count). The highest BCUT2D eigenvalue weighted by molar-refractivity contribution is 6.67. The lowest BCUT2D eigenvalue weighted by atomic mass is 10.2. The Bertz CT molecular complexity index is 779. The molecule has 0 saturated heterocycles. The van der Waals surface area contributed by atoms with Crippen LogP contribution in [0, 0.1) is 6.92 Å². The molecule has 104 valence electrons. The number of carbonyl (C=O) groups excluding carboxylic acids is 1. The van der Waals surface area contributed by atoms with Gasteiger partial charge in [-0.25, -0.2) is 9.67 Å². The minimum absolute atomic E-state index is 0.111. The number of hydrogen-bond donors (Lipinski definition) is 0. The van der Waals surface area contributed by atoms with E-state index in [1.807, 2.05) is 61.5 Å². The summed E-state index contributed by atoms with van der Waals surface area (Å²) in [7, 11) is 0. The zero-order valence-electron chi connectivity index (χ0n) is 11.3. The molecule has 2 aromatic carbocycles. The van der Waals surface area contributed by atoms with E-state index in [1.165, 1.54) is 4.68 Å². The molecule has 0 aliphatic carbocycles. The van der Waals surface area contributed by atoms with E-state index < -0.39 is 5.24 Å². The standard InChI is InChI=1S/C16H12ClN3O/c1-11-7-9-13(10-8-11)20-16(14(17)21)18-15(19-20)12-5-3-2-4-6-12/h2-10H,1H3. The fourth-order valence-corrected chi connectivity index (χ4v) is 2.14. The Kier molecular flexibility index (Phi) is 3.54. The van der Waals surface area contributed by atoms with Gasteiger partial charge in [0, 0.05) is 5.56 Å². The molecule has 0 aliphatic rings. The van der Waals surface area contributed by atoms with Crippen LogP contribution in [0.4, 0.5) is 0 Å². The van der Waals surface area contributed by atoms with Crippen LogP contribution in [0.15, 0.2) is 54.6 Å². The Hall–Kier alpha value is -2.46. The molecule has 0 radical (unpaired) electrons. The van der Waals surface area contributed by atoms with Crippen LogP contribution in [0.25, 0.3) is 17.1 Å². The number of nitrogens with zero attached hydrogens (tertiary/aromatic N) is 3. The van der Waals surface area contributed by atoms with Gasteiger partial charge < -0.3 is 0 Å². The largest absolute Gasteiger partial charge is 0.289 e. The Morgan fingerprint density at radius 1 is 1.05 bits per heavy atom. The first-order valence-electron chi connectivity index (χ1n) is 6.44. The first kappa shape index (κ1) is 13.5. The molecule has 1 aromatic heterocycles. The molecule has 21 heavy (non-hydrogen) atoms. The predicted octanol–water partition coefficient (Wildman–Crippen LogP) is 3.62. The molecule has 0 atom stereocenters. The van der Waals surface area contributed by atoms with E-state index in [9.17, 15) is 4.79 Å². The first-order chi connectivity index (χ1) is 10.1. The van der Waals surface area contributed by atoms with Gasteiger partial charge in [0.1, 0.15) is 0 Å². The van der Waals surface area contributed by atoms with Gasteiger partial charge in [0.2, 0.25) is 5.82 Å². The Balaban J connectivity index is 2.14. The zero-order valence-corrected chi connectivity index (χ0v) is 12.1. The van der Waals surface area contributed by atoms with Crippen molar-refractivity contribution in [1.29, 1.82) is 0 Å². The lowest BCUT2D eigenvalue weighted by Gasteiger charge is -2.03. The van der Waals surface area contributed by atoms with Crippen molar-refractivity contribution < 1.29 is 4.79 Å². The van der Waals surface area contributed by atoms with E-state index in [4.69, 9.17) is 11.6 Å². The van der Waals surface area contributed by atoms with Crippen LogP contribution < -0.4 is 0 Å². The SMILES string of the molecule is Cc1ccc(-n2nc(-c3ccccc3)nc2C(=O)Cl)cc1. The van der Waals surface area contributed by atoms with E-state index in [0.717, 1.165) is 16.8 Å². The Morgan fingerprint density at radius 3 is 2.33 bits per heavy atom. The van der Waals surface area contributed by atoms with E-state index in [-0.39, 0.29) is 5.82 Å². The van der Waals surface area contributed by atoms with Gasteiger partial charge in [-0.2, -0.15) is 0 Å². The van der Waals surface area contributed by atoms with Gasteiger partial charge in [-0.15, -0.1) is 5.10 Å². The fourth-order valence-electron chi connectivity index (χ4n) is 2.01.